The summed E-state index contributed by atoms with van der Waals surface area (Å²) < 4.78 is 0. The Morgan fingerprint density at radius 2 is 0.625 bits per heavy atom. The molecule has 7 heteroatoms. The van der Waals surface area contributed by atoms with Gasteiger partial charge in [0, 0.05) is 49.4 Å². The van der Waals surface area contributed by atoms with Crippen LogP contribution in [0.4, 0.5) is 0 Å². The summed E-state index contributed by atoms with van der Waals surface area (Å²) >= 11 is 18.0. The summed E-state index contributed by atoms with van der Waals surface area (Å²) in [7, 11) is 6.30. The monoisotopic (exact) mass is 847 g/mol. The molecule has 6 rings (SSSR count). The van der Waals surface area contributed by atoms with Gasteiger partial charge in [0.2, 0.25) is 0 Å². The van der Waals surface area contributed by atoms with Crippen molar-refractivity contribution in [3.8, 4) is 0 Å². The topological polar surface area (TPSA) is 36.1 Å². The smallest absolute Gasteiger partial charge is 0.0406 e. The van der Waals surface area contributed by atoms with Crippen LogP contribution in [0.25, 0.3) is 0 Å². The summed E-state index contributed by atoms with van der Waals surface area (Å²) in [5.41, 5.74) is 5.38. The van der Waals surface area contributed by atoms with E-state index in [1.165, 1.54) is 93.7 Å². The summed E-state index contributed by atoms with van der Waals surface area (Å²) in [6, 6.07) is 27.2. The molecule has 0 aromatic heterocycles. The normalized spacial score (nSPS) is 18.9. The molecule has 0 heterocycles. The number of hydrogen-bond acceptors (Lipinski definition) is 3. The minimum Gasteiger partial charge on any atom is -0.316 e. The molecule has 0 bridgehead atoms. The molecule has 0 radical (unpaired) electrons. The van der Waals surface area contributed by atoms with Crippen molar-refractivity contribution >= 4 is 47.2 Å². The summed E-state index contributed by atoms with van der Waals surface area (Å²) in [5.74, 6) is 2.19. The molecule has 3 aromatic carbocycles. The molecular formula is C49H77Cl4N3. The highest BCUT2D eigenvalue weighted by Gasteiger charge is 2.46. The van der Waals surface area contributed by atoms with Crippen LogP contribution in [0.1, 0.15) is 143 Å². The Balaban J connectivity index is 0.000000285. The third kappa shape index (κ3) is 12.4. The highest BCUT2D eigenvalue weighted by atomic mass is 35.5. The molecule has 56 heavy (non-hydrogen) atoms. The molecule has 3 N–H and O–H groups in total. The van der Waals surface area contributed by atoms with Crippen LogP contribution in [0, 0.1) is 17.8 Å². The summed E-state index contributed by atoms with van der Waals surface area (Å²) in [5, 5.41) is 13.2. The number of benzene rings is 3. The summed E-state index contributed by atoms with van der Waals surface area (Å²) in [6.45, 7) is 13.8. The molecule has 1 unspecified atom stereocenters. The van der Waals surface area contributed by atoms with Crippen molar-refractivity contribution in [1.29, 1.82) is 0 Å². The van der Waals surface area contributed by atoms with Gasteiger partial charge < -0.3 is 16.0 Å². The summed E-state index contributed by atoms with van der Waals surface area (Å²) in [6.07, 6.45) is 15.5. The van der Waals surface area contributed by atoms with E-state index in [0.717, 1.165) is 32.8 Å². The van der Waals surface area contributed by atoms with Crippen LogP contribution in [0.5, 0.6) is 0 Å². The van der Waals surface area contributed by atoms with Crippen molar-refractivity contribution in [2.75, 3.05) is 21.1 Å². The average Bonchev–Trinajstić information content (AvgIpc) is 3.08. The fourth-order valence-electron chi connectivity index (χ4n) is 9.81. The first-order valence-electron chi connectivity index (χ1n) is 21.0. The molecule has 3 atom stereocenters. The molecule has 3 aromatic rings. The van der Waals surface area contributed by atoms with Gasteiger partial charge in [0.15, 0.2) is 0 Å². The van der Waals surface area contributed by atoms with Crippen molar-refractivity contribution in [3.63, 3.8) is 0 Å². The third-order valence-corrected chi connectivity index (χ3v) is 13.9. The Morgan fingerprint density at radius 3 is 0.750 bits per heavy atom. The van der Waals surface area contributed by atoms with E-state index in [2.05, 4.69) is 115 Å². The van der Waals surface area contributed by atoms with E-state index >= 15 is 0 Å². The van der Waals surface area contributed by atoms with Gasteiger partial charge in [-0.15, -0.1) is 12.4 Å². The fourth-order valence-corrected chi connectivity index (χ4v) is 10.2. The first-order chi connectivity index (χ1) is 25.7. The number of rotatable bonds is 15. The fraction of sp³-hybridized carbons (Fsp3) is 0.633. The minimum atomic E-state index is 0. The highest BCUT2D eigenvalue weighted by molar-refractivity contribution is 6.31. The van der Waals surface area contributed by atoms with Gasteiger partial charge in [-0.05, 0) is 150 Å². The van der Waals surface area contributed by atoms with Crippen LogP contribution in [0.2, 0.25) is 15.1 Å². The lowest BCUT2D eigenvalue weighted by Crippen LogP contribution is -2.52. The Bertz CT molecular complexity index is 1320. The molecule has 0 spiro atoms. The van der Waals surface area contributed by atoms with Crippen molar-refractivity contribution in [1.82, 2.24) is 16.0 Å². The zero-order chi connectivity index (χ0) is 39.5. The second-order valence-corrected chi connectivity index (χ2v) is 19.3. The minimum absolute atomic E-state index is 0. The van der Waals surface area contributed by atoms with Crippen LogP contribution in [-0.4, -0.2) is 39.3 Å². The van der Waals surface area contributed by atoms with Gasteiger partial charge >= 0.3 is 0 Å². The number of nitrogens with one attached hydrogen (secondary N) is 3. The molecule has 0 aliphatic heterocycles. The zero-order valence-corrected chi connectivity index (χ0v) is 38.5. The Labute approximate surface area is 365 Å². The SMILES string of the molecule is C.CNC(CC(C)C)C1(c2ccc(Cl)cc2)CCC1.CN[C@H](CC(C)C)C1(c2ccc(Cl)cc2)CCC1.CN[C@H](CC(C)C)C1(c2ccc(Cl)cc2)CCC1.Cl. The quantitative estimate of drug-likeness (QED) is 0.143. The van der Waals surface area contributed by atoms with Gasteiger partial charge in [0.05, 0.1) is 0 Å². The molecule has 3 fully saturated rings. The largest absolute Gasteiger partial charge is 0.316 e. The lowest BCUT2D eigenvalue weighted by molar-refractivity contribution is 0.157. The number of likely N-dealkylation sites (N-methyl/N-ethyl adjacent to an activating group) is 3. The van der Waals surface area contributed by atoms with E-state index in [0.29, 0.717) is 34.4 Å². The lowest BCUT2D eigenvalue weighted by Gasteiger charge is -2.49. The first kappa shape index (κ1) is 50.8. The Morgan fingerprint density at radius 1 is 0.429 bits per heavy atom. The van der Waals surface area contributed by atoms with Crippen molar-refractivity contribution in [2.24, 2.45) is 17.8 Å². The molecule has 3 nitrogen and oxygen atoms in total. The van der Waals surface area contributed by atoms with Gasteiger partial charge in [-0.1, -0.05) is 139 Å². The van der Waals surface area contributed by atoms with Crippen LogP contribution in [0.3, 0.4) is 0 Å². The molecule has 3 aliphatic carbocycles. The van der Waals surface area contributed by atoms with Gasteiger partial charge in [-0.3, -0.25) is 0 Å². The van der Waals surface area contributed by atoms with Gasteiger partial charge in [0.25, 0.3) is 0 Å². The standard InChI is InChI=1S/3C16H24ClN.CH4.ClH/c3*1-12(2)11-15(18-3)16(9-4-10-16)13-5-7-14(17)8-6-13;;/h3*5-8,12,15,18H,4,9-11H2,1-3H3;1H4;1H/t2*15-;;;/m11.../s1. The van der Waals surface area contributed by atoms with Crippen molar-refractivity contribution in [3.05, 3.63) is 105 Å². The van der Waals surface area contributed by atoms with Gasteiger partial charge in [-0.2, -0.15) is 0 Å². The highest BCUT2D eigenvalue weighted by Crippen LogP contribution is 2.50. The molecule has 0 amide bonds. The molecule has 316 valence electrons. The summed E-state index contributed by atoms with van der Waals surface area (Å²) in [4.78, 5) is 0. The van der Waals surface area contributed by atoms with E-state index in [9.17, 15) is 0 Å². The molecule has 0 saturated heterocycles. The maximum Gasteiger partial charge on any atom is 0.0406 e. The van der Waals surface area contributed by atoms with Gasteiger partial charge in [0.1, 0.15) is 0 Å². The third-order valence-electron chi connectivity index (χ3n) is 13.2. The van der Waals surface area contributed by atoms with Crippen LogP contribution >= 0.6 is 47.2 Å². The second-order valence-electron chi connectivity index (χ2n) is 18.0. The average molecular weight is 850 g/mol. The molecular weight excluding hydrogens is 772 g/mol. The Kier molecular flexibility index (Phi) is 21.3. The Hall–Kier alpha value is -1.30. The van der Waals surface area contributed by atoms with E-state index in [4.69, 9.17) is 34.8 Å². The maximum absolute atomic E-state index is 6.01. The maximum atomic E-state index is 6.01. The van der Waals surface area contributed by atoms with Crippen LogP contribution < -0.4 is 16.0 Å². The van der Waals surface area contributed by atoms with Gasteiger partial charge in [-0.25, -0.2) is 0 Å². The van der Waals surface area contributed by atoms with E-state index in [1.54, 1.807) is 0 Å². The number of halogens is 4. The second kappa shape index (κ2) is 23.5. The lowest BCUT2D eigenvalue weighted by atomic mass is 9.59. The van der Waals surface area contributed by atoms with E-state index in [1.807, 2.05) is 36.4 Å². The van der Waals surface area contributed by atoms with E-state index < -0.39 is 0 Å². The van der Waals surface area contributed by atoms with Crippen molar-refractivity contribution < 1.29 is 0 Å². The zero-order valence-electron chi connectivity index (χ0n) is 35.4. The first-order valence-corrected chi connectivity index (χ1v) is 22.2. The predicted octanol–water partition coefficient (Wildman–Crippen LogP) is 14.2. The van der Waals surface area contributed by atoms with Crippen LogP contribution in [-0.2, 0) is 16.2 Å². The molecule has 3 saturated carbocycles. The predicted molar refractivity (Wildman–Crippen MR) is 252 cm³/mol. The van der Waals surface area contributed by atoms with Crippen LogP contribution in [0.15, 0.2) is 72.8 Å². The van der Waals surface area contributed by atoms with Crippen molar-refractivity contribution in [2.45, 2.75) is 160 Å². The molecule has 3 aliphatic rings. The van der Waals surface area contributed by atoms with E-state index in [-0.39, 0.29) is 19.8 Å². The number of hydrogen-bond donors (Lipinski definition) is 3.